The molecule has 0 radical (unpaired) electrons. The van der Waals surface area contributed by atoms with E-state index in [1.54, 1.807) is 15.9 Å². The van der Waals surface area contributed by atoms with Crippen LogP contribution >= 0.6 is 11.6 Å². The first-order chi connectivity index (χ1) is 16.4. The summed E-state index contributed by atoms with van der Waals surface area (Å²) in [5, 5.41) is 2.83. The van der Waals surface area contributed by atoms with Gasteiger partial charge in [-0.1, -0.05) is 41.9 Å². The molecule has 4 rings (SSSR count). The summed E-state index contributed by atoms with van der Waals surface area (Å²) in [5.41, 5.74) is 1.12. The second kappa shape index (κ2) is 10.5. The molecule has 1 aromatic heterocycles. The SMILES string of the molecule is O=C(NC(Cc1ccccc1)C(=O)N1CCN(C(=O)c2ccc(F)cc2Cl)CC1)c1ccco1. The third kappa shape index (κ3) is 5.46. The fourth-order valence-corrected chi connectivity index (χ4v) is 4.12. The molecule has 2 aromatic carbocycles. The molecule has 7 nitrogen and oxygen atoms in total. The lowest BCUT2D eigenvalue weighted by atomic mass is 10.0. The average Bonchev–Trinajstić information content (AvgIpc) is 3.39. The molecule has 0 aliphatic carbocycles. The van der Waals surface area contributed by atoms with Crippen molar-refractivity contribution in [2.45, 2.75) is 12.5 Å². The fraction of sp³-hybridized carbons (Fsp3) is 0.240. The van der Waals surface area contributed by atoms with Crippen LogP contribution in [-0.4, -0.2) is 59.7 Å². The summed E-state index contributed by atoms with van der Waals surface area (Å²) < 4.78 is 18.5. The van der Waals surface area contributed by atoms with E-state index in [9.17, 15) is 18.8 Å². The fourth-order valence-electron chi connectivity index (χ4n) is 3.87. The van der Waals surface area contributed by atoms with Gasteiger partial charge in [-0.3, -0.25) is 14.4 Å². The monoisotopic (exact) mass is 483 g/mol. The normalized spacial score (nSPS) is 14.5. The van der Waals surface area contributed by atoms with Gasteiger partial charge in [0.2, 0.25) is 5.91 Å². The number of hydrogen-bond donors (Lipinski definition) is 1. The van der Waals surface area contributed by atoms with Crippen molar-refractivity contribution < 1.29 is 23.2 Å². The predicted molar refractivity (Wildman–Crippen MR) is 124 cm³/mol. The maximum Gasteiger partial charge on any atom is 0.287 e. The van der Waals surface area contributed by atoms with Crippen LogP contribution in [-0.2, 0) is 11.2 Å². The van der Waals surface area contributed by atoms with Crippen molar-refractivity contribution in [3.63, 3.8) is 0 Å². The smallest absolute Gasteiger partial charge is 0.287 e. The highest BCUT2D eigenvalue weighted by Crippen LogP contribution is 2.20. The lowest BCUT2D eigenvalue weighted by Gasteiger charge is -2.36. The third-order valence-electron chi connectivity index (χ3n) is 5.67. The van der Waals surface area contributed by atoms with Crippen molar-refractivity contribution in [3.8, 4) is 0 Å². The van der Waals surface area contributed by atoms with Crippen molar-refractivity contribution in [2.75, 3.05) is 26.2 Å². The Balaban J connectivity index is 1.43. The summed E-state index contributed by atoms with van der Waals surface area (Å²) in [5.74, 6) is -1.42. The minimum absolute atomic E-state index is 0.0482. The maximum atomic E-state index is 13.4. The van der Waals surface area contributed by atoms with E-state index in [1.807, 2.05) is 30.3 Å². The molecule has 1 saturated heterocycles. The van der Waals surface area contributed by atoms with Crippen molar-refractivity contribution >= 4 is 29.3 Å². The number of amides is 3. The second-order valence-electron chi connectivity index (χ2n) is 7.93. The number of furan rings is 1. The average molecular weight is 484 g/mol. The van der Waals surface area contributed by atoms with Crippen LogP contribution in [0.5, 0.6) is 0 Å². The summed E-state index contributed by atoms with van der Waals surface area (Å²) in [6.45, 7) is 1.18. The molecule has 0 bridgehead atoms. The Labute approximate surface area is 201 Å². The lowest BCUT2D eigenvalue weighted by Crippen LogP contribution is -2.56. The van der Waals surface area contributed by atoms with Gasteiger partial charge in [-0.2, -0.15) is 0 Å². The molecule has 9 heteroatoms. The first-order valence-electron chi connectivity index (χ1n) is 10.8. The van der Waals surface area contributed by atoms with Gasteiger partial charge in [0.1, 0.15) is 11.9 Å². The minimum atomic E-state index is -0.797. The molecule has 1 fully saturated rings. The number of piperazine rings is 1. The summed E-state index contributed by atoms with van der Waals surface area (Å²) in [6, 6.07) is 15.4. The van der Waals surface area contributed by atoms with Crippen LogP contribution in [0.4, 0.5) is 4.39 Å². The molecule has 34 heavy (non-hydrogen) atoms. The van der Waals surface area contributed by atoms with Crippen LogP contribution in [0.2, 0.25) is 5.02 Å². The van der Waals surface area contributed by atoms with Gasteiger partial charge in [0, 0.05) is 32.6 Å². The van der Waals surface area contributed by atoms with Gasteiger partial charge in [0.05, 0.1) is 16.8 Å². The zero-order valence-electron chi connectivity index (χ0n) is 18.2. The van der Waals surface area contributed by atoms with E-state index in [0.29, 0.717) is 32.6 Å². The molecule has 0 saturated carbocycles. The number of halogens is 2. The third-order valence-corrected chi connectivity index (χ3v) is 5.98. The van der Waals surface area contributed by atoms with Crippen molar-refractivity contribution in [1.29, 1.82) is 0 Å². The van der Waals surface area contributed by atoms with Crippen LogP contribution in [0.1, 0.15) is 26.5 Å². The maximum absolute atomic E-state index is 13.4. The van der Waals surface area contributed by atoms with Crippen LogP contribution in [0, 0.1) is 5.82 Å². The Bertz CT molecular complexity index is 1160. The number of carbonyl (C=O) groups excluding carboxylic acids is 3. The van der Waals surface area contributed by atoms with Crippen molar-refractivity contribution in [1.82, 2.24) is 15.1 Å². The molecule has 176 valence electrons. The van der Waals surface area contributed by atoms with Gasteiger partial charge >= 0.3 is 0 Å². The molecule has 3 aromatic rings. The molecule has 1 N–H and O–H groups in total. The first kappa shape index (κ1) is 23.5. The van der Waals surface area contributed by atoms with Gasteiger partial charge in [-0.25, -0.2) is 4.39 Å². The molecule has 1 aliphatic heterocycles. The Morgan fingerprint density at radius 2 is 1.68 bits per heavy atom. The quantitative estimate of drug-likeness (QED) is 0.582. The molecule has 2 heterocycles. The standard InChI is InChI=1S/C25H23ClFN3O4/c26-20-16-18(27)8-9-19(20)24(32)29-10-12-30(13-11-29)25(33)21(15-17-5-2-1-3-6-17)28-23(31)22-7-4-14-34-22/h1-9,14,16,21H,10-13,15H2,(H,28,31). The van der Waals surface area contributed by atoms with Gasteiger partial charge < -0.3 is 19.5 Å². The lowest BCUT2D eigenvalue weighted by molar-refractivity contribution is -0.134. The van der Waals surface area contributed by atoms with E-state index in [4.69, 9.17) is 16.0 Å². The summed E-state index contributed by atoms with van der Waals surface area (Å²) in [4.78, 5) is 42.0. The van der Waals surface area contributed by atoms with Crippen LogP contribution in [0.3, 0.4) is 0 Å². The highest BCUT2D eigenvalue weighted by Gasteiger charge is 2.31. The zero-order chi connectivity index (χ0) is 24.1. The Hall–Kier alpha value is -3.65. The van der Waals surface area contributed by atoms with E-state index in [1.165, 1.54) is 24.5 Å². The van der Waals surface area contributed by atoms with Crippen LogP contribution in [0.25, 0.3) is 0 Å². The Kier molecular flexibility index (Phi) is 7.27. The topological polar surface area (TPSA) is 82.9 Å². The predicted octanol–water partition coefficient (Wildman–Crippen LogP) is 3.40. The first-order valence-corrected chi connectivity index (χ1v) is 11.2. The molecular weight excluding hydrogens is 461 g/mol. The van der Waals surface area contributed by atoms with Crippen molar-refractivity contribution in [3.05, 3.63) is 94.7 Å². The van der Waals surface area contributed by atoms with Crippen LogP contribution < -0.4 is 5.32 Å². The van der Waals surface area contributed by atoms with Gasteiger partial charge in [0.15, 0.2) is 5.76 Å². The van der Waals surface area contributed by atoms with E-state index in [-0.39, 0.29) is 28.2 Å². The number of nitrogens with zero attached hydrogens (tertiary/aromatic N) is 2. The molecule has 3 amide bonds. The number of rotatable bonds is 6. The Morgan fingerprint density at radius 3 is 2.32 bits per heavy atom. The van der Waals surface area contributed by atoms with Gasteiger partial charge in [0.25, 0.3) is 11.8 Å². The van der Waals surface area contributed by atoms with E-state index < -0.39 is 17.8 Å². The number of nitrogens with one attached hydrogen (secondary N) is 1. The number of benzene rings is 2. The van der Waals surface area contributed by atoms with Gasteiger partial charge in [-0.05, 0) is 35.9 Å². The van der Waals surface area contributed by atoms with E-state index >= 15 is 0 Å². The molecule has 1 atom stereocenters. The summed E-state index contributed by atoms with van der Waals surface area (Å²) in [6.07, 6.45) is 1.71. The summed E-state index contributed by atoms with van der Waals surface area (Å²) in [7, 11) is 0. The zero-order valence-corrected chi connectivity index (χ0v) is 19.0. The highest BCUT2D eigenvalue weighted by atomic mass is 35.5. The Morgan fingerprint density at radius 1 is 0.971 bits per heavy atom. The minimum Gasteiger partial charge on any atom is -0.459 e. The van der Waals surface area contributed by atoms with Crippen LogP contribution in [0.15, 0.2) is 71.3 Å². The number of carbonyl (C=O) groups is 3. The van der Waals surface area contributed by atoms with E-state index in [0.717, 1.165) is 11.6 Å². The molecule has 1 aliphatic rings. The molecule has 0 spiro atoms. The molecular formula is C25H23ClFN3O4. The highest BCUT2D eigenvalue weighted by molar-refractivity contribution is 6.33. The van der Waals surface area contributed by atoms with Gasteiger partial charge in [-0.15, -0.1) is 0 Å². The largest absolute Gasteiger partial charge is 0.459 e. The summed E-state index contributed by atoms with van der Waals surface area (Å²) >= 11 is 6.03. The second-order valence-corrected chi connectivity index (χ2v) is 8.34. The number of hydrogen-bond acceptors (Lipinski definition) is 4. The molecule has 1 unspecified atom stereocenters. The van der Waals surface area contributed by atoms with Crippen molar-refractivity contribution in [2.24, 2.45) is 0 Å². The van der Waals surface area contributed by atoms with E-state index in [2.05, 4.69) is 5.32 Å².